The van der Waals surface area contributed by atoms with E-state index in [-0.39, 0.29) is 0 Å². The molecule has 20 heavy (non-hydrogen) atoms. The van der Waals surface area contributed by atoms with Gasteiger partial charge < -0.3 is 11.1 Å². The average Bonchev–Trinajstić information content (AvgIpc) is 2.73. The highest BCUT2D eigenvalue weighted by Gasteiger charge is 2.52. The van der Waals surface area contributed by atoms with E-state index in [0.29, 0.717) is 19.3 Å². The highest BCUT2D eigenvalue weighted by Crippen LogP contribution is 2.37. The second kappa shape index (κ2) is 5.09. The summed E-state index contributed by atoms with van der Waals surface area (Å²) in [6.45, 7) is 1.94. The van der Waals surface area contributed by atoms with Gasteiger partial charge in [0.05, 0.1) is 5.25 Å². The summed E-state index contributed by atoms with van der Waals surface area (Å²) in [6, 6.07) is 7.49. The molecule has 0 heterocycles. The van der Waals surface area contributed by atoms with Crippen LogP contribution in [0, 0.1) is 6.92 Å². The molecule has 1 fully saturated rings. The van der Waals surface area contributed by atoms with E-state index < -0.39 is 26.5 Å². The molecule has 0 radical (unpaired) electrons. The van der Waals surface area contributed by atoms with E-state index in [4.69, 9.17) is 5.73 Å². The van der Waals surface area contributed by atoms with Gasteiger partial charge in [-0.25, -0.2) is 8.42 Å². The van der Waals surface area contributed by atoms with Gasteiger partial charge in [-0.2, -0.15) is 0 Å². The molecule has 0 bridgehead atoms. The lowest BCUT2D eigenvalue weighted by Gasteiger charge is -2.33. The Kier molecular flexibility index (Phi) is 3.77. The van der Waals surface area contributed by atoms with Crippen LogP contribution in [0.15, 0.2) is 24.3 Å². The maximum absolute atomic E-state index is 12.0. The minimum Gasteiger partial charge on any atom is -0.370 e. The summed E-state index contributed by atoms with van der Waals surface area (Å²) in [5.74, 6) is -0.605. The van der Waals surface area contributed by atoms with Crippen molar-refractivity contribution in [2.24, 2.45) is 5.73 Å². The number of nitrogens with two attached hydrogens (primary N) is 1. The zero-order valence-corrected chi connectivity index (χ0v) is 12.5. The van der Waals surface area contributed by atoms with Crippen molar-refractivity contribution in [2.75, 3.05) is 11.6 Å². The molecule has 1 aromatic carbocycles. The monoisotopic (exact) mass is 296 g/mol. The van der Waals surface area contributed by atoms with Crippen molar-refractivity contribution in [3.8, 4) is 0 Å². The average molecular weight is 296 g/mol. The standard InChI is InChI=1S/C14H20N2O3S/c1-10-5-3-6-11(9-10)16-14(13(15)17)8-4-7-12(14)20(2,18)19/h3,5-6,9,12,16H,4,7-8H2,1-2H3,(H2,15,17). The molecule has 2 atom stereocenters. The fraction of sp³-hybridized carbons (Fsp3) is 0.500. The molecule has 0 aromatic heterocycles. The van der Waals surface area contributed by atoms with Crippen LogP contribution in [0.1, 0.15) is 24.8 Å². The number of rotatable bonds is 4. The largest absolute Gasteiger partial charge is 0.370 e. The smallest absolute Gasteiger partial charge is 0.244 e. The molecule has 0 spiro atoms. The first-order valence-electron chi connectivity index (χ1n) is 6.59. The summed E-state index contributed by atoms with van der Waals surface area (Å²) in [5.41, 5.74) is 6.09. The van der Waals surface area contributed by atoms with Gasteiger partial charge >= 0.3 is 0 Å². The lowest BCUT2D eigenvalue weighted by molar-refractivity contribution is -0.122. The van der Waals surface area contributed by atoms with Crippen LogP contribution in [0.25, 0.3) is 0 Å². The third-order valence-corrected chi connectivity index (χ3v) is 5.60. The summed E-state index contributed by atoms with van der Waals surface area (Å²) in [6.07, 6.45) is 2.73. The first-order chi connectivity index (χ1) is 9.25. The highest BCUT2D eigenvalue weighted by molar-refractivity contribution is 7.91. The van der Waals surface area contributed by atoms with Gasteiger partial charge in [-0.1, -0.05) is 12.1 Å². The predicted octanol–water partition coefficient (Wildman–Crippen LogP) is 1.23. The second-order valence-electron chi connectivity index (χ2n) is 5.54. The van der Waals surface area contributed by atoms with Gasteiger partial charge in [-0.15, -0.1) is 0 Å². The van der Waals surface area contributed by atoms with E-state index in [1.54, 1.807) is 0 Å². The number of aryl methyl sites for hydroxylation is 1. The quantitative estimate of drug-likeness (QED) is 0.874. The summed E-state index contributed by atoms with van der Waals surface area (Å²) < 4.78 is 23.9. The number of hydrogen-bond acceptors (Lipinski definition) is 4. The van der Waals surface area contributed by atoms with Crippen LogP contribution in [-0.4, -0.2) is 31.4 Å². The number of carbonyl (C=O) groups excluding carboxylic acids is 1. The normalized spacial score (nSPS) is 26.4. The van der Waals surface area contributed by atoms with Crippen molar-refractivity contribution in [3.05, 3.63) is 29.8 Å². The molecule has 1 amide bonds. The molecule has 1 saturated carbocycles. The van der Waals surface area contributed by atoms with Gasteiger partial charge in [0.1, 0.15) is 5.54 Å². The summed E-state index contributed by atoms with van der Waals surface area (Å²) in [5, 5.41) is 2.33. The number of carbonyl (C=O) groups is 1. The second-order valence-corrected chi connectivity index (χ2v) is 7.77. The molecule has 5 nitrogen and oxygen atoms in total. The fourth-order valence-corrected chi connectivity index (χ4v) is 4.64. The van der Waals surface area contributed by atoms with E-state index in [0.717, 1.165) is 11.3 Å². The topological polar surface area (TPSA) is 89.3 Å². The van der Waals surface area contributed by atoms with Crippen LogP contribution in [0.5, 0.6) is 0 Å². The van der Waals surface area contributed by atoms with Crippen LogP contribution in [0.4, 0.5) is 5.69 Å². The molecule has 0 saturated heterocycles. The lowest BCUT2D eigenvalue weighted by atomic mass is 9.95. The van der Waals surface area contributed by atoms with E-state index in [9.17, 15) is 13.2 Å². The Bertz CT molecular complexity index is 627. The number of benzene rings is 1. The Hall–Kier alpha value is -1.56. The molecule has 2 unspecified atom stereocenters. The third kappa shape index (κ3) is 2.65. The number of anilines is 1. The number of sulfone groups is 1. The van der Waals surface area contributed by atoms with E-state index in [1.807, 2.05) is 31.2 Å². The van der Waals surface area contributed by atoms with Crippen LogP contribution < -0.4 is 11.1 Å². The molecule has 1 aromatic rings. The van der Waals surface area contributed by atoms with Crippen LogP contribution in [0.2, 0.25) is 0 Å². The van der Waals surface area contributed by atoms with Gasteiger partial charge in [0.15, 0.2) is 9.84 Å². The Morgan fingerprint density at radius 3 is 2.70 bits per heavy atom. The number of primary amides is 1. The van der Waals surface area contributed by atoms with Crippen LogP contribution in [0.3, 0.4) is 0 Å². The van der Waals surface area contributed by atoms with Crippen molar-refractivity contribution < 1.29 is 13.2 Å². The summed E-state index contributed by atoms with van der Waals surface area (Å²) >= 11 is 0. The van der Waals surface area contributed by atoms with Gasteiger partial charge in [-0.05, 0) is 43.9 Å². The molecule has 1 aliphatic carbocycles. The SMILES string of the molecule is Cc1cccc(NC2(C(N)=O)CCCC2S(C)(=O)=O)c1. The Morgan fingerprint density at radius 1 is 1.45 bits per heavy atom. The minimum absolute atomic E-state index is 0.439. The van der Waals surface area contributed by atoms with E-state index >= 15 is 0 Å². The van der Waals surface area contributed by atoms with Crippen molar-refractivity contribution in [1.29, 1.82) is 0 Å². The van der Waals surface area contributed by atoms with Gasteiger partial charge in [-0.3, -0.25) is 4.79 Å². The zero-order chi connectivity index (χ0) is 15.0. The molecule has 3 N–H and O–H groups in total. The highest BCUT2D eigenvalue weighted by atomic mass is 32.2. The van der Waals surface area contributed by atoms with Crippen molar-refractivity contribution in [3.63, 3.8) is 0 Å². The van der Waals surface area contributed by atoms with Crippen LogP contribution >= 0.6 is 0 Å². The maximum atomic E-state index is 12.0. The van der Waals surface area contributed by atoms with E-state index in [2.05, 4.69) is 5.32 Å². The van der Waals surface area contributed by atoms with Gasteiger partial charge in [0.25, 0.3) is 0 Å². The Morgan fingerprint density at radius 2 is 2.15 bits per heavy atom. The van der Waals surface area contributed by atoms with Crippen molar-refractivity contribution in [1.82, 2.24) is 0 Å². The molecule has 2 rings (SSSR count). The van der Waals surface area contributed by atoms with Gasteiger partial charge in [0.2, 0.25) is 5.91 Å². The van der Waals surface area contributed by atoms with Crippen molar-refractivity contribution in [2.45, 2.75) is 37.0 Å². The fourth-order valence-electron chi connectivity index (χ4n) is 3.02. The molecule has 0 aliphatic heterocycles. The Labute approximate surface area is 119 Å². The van der Waals surface area contributed by atoms with E-state index in [1.165, 1.54) is 6.26 Å². The first-order valence-corrected chi connectivity index (χ1v) is 8.55. The third-order valence-electron chi connectivity index (χ3n) is 3.93. The number of hydrogen-bond donors (Lipinski definition) is 2. The summed E-state index contributed by atoms with van der Waals surface area (Å²) in [7, 11) is -3.35. The zero-order valence-electron chi connectivity index (χ0n) is 11.7. The maximum Gasteiger partial charge on any atom is 0.244 e. The number of amides is 1. The first kappa shape index (κ1) is 14.8. The Balaban J connectivity index is 2.43. The molecular weight excluding hydrogens is 276 g/mol. The van der Waals surface area contributed by atoms with Gasteiger partial charge in [0, 0.05) is 11.9 Å². The molecular formula is C14H20N2O3S. The molecule has 110 valence electrons. The predicted molar refractivity (Wildman–Crippen MR) is 79.2 cm³/mol. The lowest BCUT2D eigenvalue weighted by Crippen LogP contribution is -2.58. The number of nitrogens with one attached hydrogen (secondary N) is 1. The minimum atomic E-state index is -3.35. The molecule has 1 aliphatic rings. The molecule has 6 heteroatoms. The van der Waals surface area contributed by atoms with Crippen LogP contribution in [-0.2, 0) is 14.6 Å². The van der Waals surface area contributed by atoms with Crippen molar-refractivity contribution >= 4 is 21.4 Å². The summed E-state index contributed by atoms with van der Waals surface area (Å²) in [4.78, 5) is 12.0.